The quantitative estimate of drug-likeness (QED) is 0.545. The van der Waals surface area contributed by atoms with Crippen molar-refractivity contribution < 1.29 is 17.9 Å². The zero-order chi connectivity index (χ0) is 21.7. The number of sulfonamides is 1. The van der Waals surface area contributed by atoms with E-state index in [1.54, 1.807) is 43.3 Å². The number of nitrogens with one attached hydrogen (secondary N) is 2. The fourth-order valence-corrected chi connectivity index (χ4v) is 3.83. The van der Waals surface area contributed by atoms with Crippen LogP contribution in [0.4, 0.5) is 11.4 Å². The highest BCUT2D eigenvalue weighted by Crippen LogP contribution is 2.20. The smallest absolute Gasteiger partial charge is 0.265 e. The number of halogens is 1. The zero-order valence-electron chi connectivity index (χ0n) is 16.4. The summed E-state index contributed by atoms with van der Waals surface area (Å²) in [4.78, 5) is 12.4. The standard InChI is InChI=1S/C22H21ClN2O4S/c1-15-6-8-19(9-7-15)25-30(27,28)21-12-10-18(11-13-21)24-22(26)16(2)29-20-5-3-4-17(23)14-20/h3-14,16,25H,1-2H3,(H,24,26)/t16-/m0/s1. The van der Waals surface area contributed by atoms with Gasteiger partial charge in [-0.15, -0.1) is 0 Å². The molecule has 0 aliphatic heterocycles. The Kier molecular flexibility index (Phi) is 6.64. The minimum Gasteiger partial charge on any atom is -0.481 e. The molecule has 3 aromatic rings. The monoisotopic (exact) mass is 444 g/mol. The van der Waals surface area contributed by atoms with Crippen LogP contribution in [0.5, 0.6) is 5.75 Å². The van der Waals surface area contributed by atoms with Crippen LogP contribution in [-0.4, -0.2) is 20.4 Å². The molecule has 0 spiro atoms. The fourth-order valence-electron chi connectivity index (χ4n) is 2.59. The molecule has 8 heteroatoms. The number of carbonyl (C=O) groups excluding carboxylic acids is 1. The van der Waals surface area contributed by atoms with Crippen molar-refractivity contribution >= 4 is 38.9 Å². The van der Waals surface area contributed by atoms with Gasteiger partial charge in [-0.1, -0.05) is 35.4 Å². The number of hydrogen-bond donors (Lipinski definition) is 2. The maximum Gasteiger partial charge on any atom is 0.265 e. The van der Waals surface area contributed by atoms with Crippen LogP contribution in [-0.2, 0) is 14.8 Å². The average molecular weight is 445 g/mol. The highest BCUT2D eigenvalue weighted by Gasteiger charge is 2.17. The molecule has 0 radical (unpaired) electrons. The Morgan fingerprint density at radius 1 is 0.967 bits per heavy atom. The second-order valence-electron chi connectivity index (χ2n) is 6.70. The molecule has 0 aromatic heterocycles. The van der Waals surface area contributed by atoms with Crippen LogP contribution in [0, 0.1) is 6.92 Å². The van der Waals surface area contributed by atoms with Crippen molar-refractivity contribution in [1.29, 1.82) is 0 Å². The normalized spacial score (nSPS) is 12.1. The second-order valence-corrected chi connectivity index (χ2v) is 8.82. The maximum atomic E-state index is 12.5. The van der Waals surface area contributed by atoms with Crippen molar-refractivity contribution in [1.82, 2.24) is 0 Å². The van der Waals surface area contributed by atoms with Crippen molar-refractivity contribution in [3.63, 3.8) is 0 Å². The van der Waals surface area contributed by atoms with E-state index in [9.17, 15) is 13.2 Å². The van der Waals surface area contributed by atoms with E-state index >= 15 is 0 Å². The molecule has 156 valence electrons. The molecule has 0 aliphatic carbocycles. The first kappa shape index (κ1) is 21.7. The van der Waals surface area contributed by atoms with Gasteiger partial charge in [0.05, 0.1) is 4.90 Å². The summed E-state index contributed by atoms with van der Waals surface area (Å²) in [6, 6.07) is 19.7. The van der Waals surface area contributed by atoms with Gasteiger partial charge < -0.3 is 10.1 Å². The topological polar surface area (TPSA) is 84.5 Å². The molecule has 0 saturated heterocycles. The van der Waals surface area contributed by atoms with E-state index in [0.29, 0.717) is 22.1 Å². The number of aryl methyl sites for hydroxylation is 1. The van der Waals surface area contributed by atoms with Crippen molar-refractivity contribution in [3.05, 3.63) is 83.4 Å². The molecule has 1 atom stereocenters. The lowest BCUT2D eigenvalue weighted by Crippen LogP contribution is -2.30. The van der Waals surface area contributed by atoms with E-state index in [1.165, 1.54) is 24.3 Å². The molecule has 0 fully saturated rings. The minimum absolute atomic E-state index is 0.0873. The third-order valence-corrected chi connectivity index (χ3v) is 5.85. The molecule has 6 nitrogen and oxygen atoms in total. The molecular formula is C22H21ClN2O4S. The fraction of sp³-hybridized carbons (Fsp3) is 0.136. The summed E-state index contributed by atoms with van der Waals surface area (Å²) in [6.45, 7) is 3.53. The largest absolute Gasteiger partial charge is 0.481 e. The second kappa shape index (κ2) is 9.19. The summed E-state index contributed by atoms with van der Waals surface area (Å²) >= 11 is 5.91. The van der Waals surface area contributed by atoms with Crippen molar-refractivity contribution in [2.45, 2.75) is 24.8 Å². The first-order chi connectivity index (χ1) is 14.2. The number of hydrogen-bond acceptors (Lipinski definition) is 4. The first-order valence-electron chi connectivity index (χ1n) is 9.15. The van der Waals surface area contributed by atoms with Crippen LogP contribution in [0.1, 0.15) is 12.5 Å². The summed E-state index contributed by atoms with van der Waals surface area (Å²) in [7, 11) is -3.73. The third-order valence-electron chi connectivity index (χ3n) is 4.21. The van der Waals surface area contributed by atoms with Gasteiger partial charge in [0.15, 0.2) is 6.10 Å². The number of rotatable bonds is 7. The summed E-state index contributed by atoms with van der Waals surface area (Å²) in [6.07, 6.45) is -0.768. The number of carbonyl (C=O) groups is 1. The van der Waals surface area contributed by atoms with Crippen LogP contribution >= 0.6 is 11.6 Å². The van der Waals surface area contributed by atoms with Gasteiger partial charge in [0.25, 0.3) is 15.9 Å². The summed E-state index contributed by atoms with van der Waals surface area (Å²) < 4.78 is 33.2. The van der Waals surface area contributed by atoms with E-state index < -0.39 is 16.1 Å². The third kappa shape index (κ3) is 5.75. The van der Waals surface area contributed by atoms with E-state index in [2.05, 4.69) is 10.0 Å². The van der Waals surface area contributed by atoms with Crippen molar-refractivity contribution in [2.24, 2.45) is 0 Å². The maximum absolute atomic E-state index is 12.5. The van der Waals surface area contributed by atoms with E-state index in [1.807, 2.05) is 19.1 Å². The van der Waals surface area contributed by atoms with Gasteiger partial charge in [0.2, 0.25) is 0 Å². The zero-order valence-corrected chi connectivity index (χ0v) is 18.0. The Balaban J connectivity index is 1.63. The Morgan fingerprint density at radius 2 is 1.60 bits per heavy atom. The number of ether oxygens (including phenoxy) is 1. The number of amides is 1. The van der Waals surface area contributed by atoms with Crippen LogP contribution in [0.25, 0.3) is 0 Å². The van der Waals surface area contributed by atoms with Crippen LogP contribution < -0.4 is 14.8 Å². The molecule has 2 N–H and O–H groups in total. The van der Waals surface area contributed by atoms with E-state index in [-0.39, 0.29) is 10.8 Å². The van der Waals surface area contributed by atoms with E-state index in [0.717, 1.165) is 5.56 Å². The molecule has 0 bridgehead atoms. The van der Waals surface area contributed by atoms with Gasteiger partial charge in [-0.3, -0.25) is 9.52 Å². The molecule has 3 rings (SSSR count). The van der Waals surface area contributed by atoms with Crippen LogP contribution in [0.15, 0.2) is 77.7 Å². The van der Waals surface area contributed by atoms with Crippen molar-refractivity contribution in [3.8, 4) is 5.75 Å². The Morgan fingerprint density at radius 3 is 2.23 bits per heavy atom. The molecular weight excluding hydrogens is 424 g/mol. The molecule has 1 amide bonds. The van der Waals surface area contributed by atoms with E-state index in [4.69, 9.17) is 16.3 Å². The highest BCUT2D eigenvalue weighted by molar-refractivity contribution is 7.92. The number of anilines is 2. The van der Waals surface area contributed by atoms with Gasteiger partial charge >= 0.3 is 0 Å². The summed E-state index contributed by atoms with van der Waals surface area (Å²) in [5, 5.41) is 3.21. The lowest BCUT2D eigenvalue weighted by molar-refractivity contribution is -0.122. The Labute approximate surface area is 180 Å². The molecule has 0 aliphatic rings. The van der Waals surface area contributed by atoms with Crippen LogP contribution in [0.3, 0.4) is 0 Å². The predicted octanol–water partition coefficient (Wildman–Crippen LogP) is 4.86. The molecule has 0 saturated carbocycles. The minimum atomic E-state index is -3.73. The van der Waals surface area contributed by atoms with Gasteiger partial charge in [0.1, 0.15) is 5.75 Å². The molecule has 0 unspecified atom stereocenters. The SMILES string of the molecule is Cc1ccc(NS(=O)(=O)c2ccc(NC(=O)[C@H](C)Oc3cccc(Cl)c3)cc2)cc1. The lowest BCUT2D eigenvalue weighted by atomic mass is 10.2. The van der Waals surface area contributed by atoms with Crippen molar-refractivity contribution in [2.75, 3.05) is 10.0 Å². The number of benzene rings is 3. The lowest BCUT2D eigenvalue weighted by Gasteiger charge is -2.15. The van der Waals surface area contributed by atoms with Crippen LogP contribution in [0.2, 0.25) is 5.02 Å². The average Bonchev–Trinajstić information content (AvgIpc) is 2.70. The summed E-state index contributed by atoms with van der Waals surface area (Å²) in [5.74, 6) is 0.108. The first-order valence-corrected chi connectivity index (χ1v) is 11.0. The Bertz CT molecular complexity index is 1130. The molecule has 30 heavy (non-hydrogen) atoms. The van der Waals surface area contributed by atoms with Gasteiger partial charge in [-0.25, -0.2) is 8.42 Å². The highest BCUT2D eigenvalue weighted by atomic mass is 35.5. The summed E-state index contributed by atoms with van der Waals surface area (Å²) in [5.41, 5.74) is 1.97. The van der Waals surface area contributed by atoms with Gasteiger partial charge in [0, 0.05) is 16.4 Å². The van der Waals surface area contributed by atoms with Gasteiger partial charge in [-0.05, 0) is 68.4 Å². The molecule has 3 aromatic carbocycles. The predicted molar refractivity (Wildman–Crippen MR) is 119 cm³/mol. The molecule has 0 heterocycles. The van der Waals surface area contributed by atoms with Gasteiger partial charge in [-0.2, -0.15) is 0 Å². The Hall–Kier alpha value is -3.03.